The number of carbonyl (C=O) groups excluding carboxylic acids is 2. The van der Waals surface area contributed by atoms with Gasteiger partial charge in [0.1, 0.15) is 17.4 Å². The number of hydrogen-bond acceptors (Lipinski definition) is 7. The smallest absolute Gasteiger partial charge is 0.258 e. The Labute approximate surface area is 254 Å². The van der Waals surface area contributed by atoms with E-state index in [9.17, 15) is 14.4 Å². The lowest BCUT2D eigenvalue weighted by molar-refractivity contribution is -0.123. The zero-order chi connectivity index (χ0) is 30.6. The SMILES string of the molecule is CCC(=O)CCCCC[C@@H]1NC(=O)CN(C)CCCCOCCCCn2ccc3cc(c(OC)cc3c2=O)-c2cnc1[nH]2. The van der Waals surface area contributed by atoms with Crippen LogP contribution in [-0.2, 0) is 20.9 Å². The summed E-state index contributed by atoms with van der Waals surface area (Å²) < 4.78 is 13.3. The number of aromatic amines is 1. The molecule has 6 bridgehead atoms. The zero-order valence-corrected chi connectivity index (χ0v) is 26.0. The Balaban J connectivity index is 1.61. The number of ketones is 1. The third-order valence-electron chi connectivity index (χ3n) is 8.12. The van der Waals surface area contributed by atoms with Gasteiger partial charge in [0.05, 0.1) is 37.0 Å². The van der Waals surface area contributed by atoms with Crippen LogP contribution in [0, 0.1) is 0 Å². The number of ether oxygens (including phenoxy) is 2. The molecule has 2 aliphatic heterocycles. The van der Waals surface area contributed by atoms with Crippen molar-refractivity contribution in [3.05, 3.63) is 46.8 Å². The minimum Gasteiger partial charge on any atom is -0.496 e. The van der Waals surface area contributed by atoms with Crippen molar-refractivity contribution >= 4 is 22.5 Å². The average molecular weight is 594 g/mol. The predicted octanol–water partition coefficient (Wildman–Crippen LogP) is 5.01. The number of hydrogen-bond donors (Lipinski definition) is 2. The highest BCUT2D eigenvalue weighted by molar-refractivity contribution is 5.89. The van der Waals surface area contributed by atoms with E-state index in [2.05, 4.69) is 15.3 Å². The highest BCUT2D eigenvalue weighted by Crippen LogP contribution is 2.33. The number of nitrogens with one attached hydrogen (secondary N) is 2. The molecular formula is C33H47N5O5. The number of aromatic nitrogens is 3. The van der Waals surface area contributed by atoms with Gasteiger partial charge in [-0.05, 0) is 75.7 Å². The highest BCUT2D eigenvalue weighted by Gasteiger charge is 2.21. The van der Waals surface area contributed by atoms with Crippen LogP contribution in [0.1, 0.15) is 83.0 Å². The number of H-pyrrole nitrogens is 1. The summed E-state index contributed by atoms with van der Waals surface area (Å²) in [6.07, 6.45) is 11.7. The van der Waals surface area contributed by atoms with Crippen molar-refractivity contribution in [3.63, 3.8) is 0 Å². The van der Waals surface area contributed by atoms with Gasteiger partial charge in [-0.15, -0.1) is 0 Å². The number of fused-ring (bicyclic) bond motifs is 15. The minimum atomic E-state index is -0.301. The molecule has 5 rings (SSSR count). The molecule has 10 nitrogen and oxygen atoms in total. The van der Waals surface area contributed by atoms with E-state index in [4.69, 9.17) is 9.47 Å². The van der Waals surface area contributed by atoms with Gasteiger partial charge in [0.2, 0.25) is 5.91 Å². The monoisotopic (exact) mass is 593 g/mol. The minimum absolute atomic E-state index is 0.0421. The first-order chi connectivity index (χ1) is 20.9. The molecule has 0 radical (unpaired) electrons. The first kappa shape index (κ1) is 32.4. The number of pyridine rings is 1. The first-order valence-corrected chi connectivity index (χ1v) is 15.7. The summed E-state index contributed by atoms with van der Waals surface area (Å²) >= 11 is 0. The predicted molar refractivity (Wildman–Crippen MR) is 168 cm³/mol. The fraction of sp³-hybridized carbons (Fsp3) is 0.576. The van der Waals surface area contributed by atoms with Gasteiger partial charge in [0.25, 0.3) is 5.56 Å². The number of aryl methyl sites for hydroxylation is 1. The molecule has 0 saturated heterocycles. The van der Waals surface area contributed by atoms with Gasteiger partial charge in [-0.2, -0.15) is 0 Å². The second-order valence-corrected chi connectivity index (χ2v) is 11.5. The molecule has 1 amide bonds. The number of methoxy groups -OCH3 is 1. The molecule has 10 heteroatoms. The summed E-state index contributed by atoms with van der Waals surface area (Å²) in [5.41, 5.74) is 1.50. The molecule has 0 spiro atoms. The van der Waals surface area contributed by atoms with Gasteiger partial charge in [0, 0.05) is 44.4 Å². The number of Topliss-reactive ketones (excluding diaryl/α,β-unsaturated/α-hetero) is 1. The molecule has 234 valence electrons. The van der Waals surface area contributed by atoms with Crippen LogP contribution in [-0.4, -0.2) is 71.6 Å². The van der Waals surface area contributed by atoms with Crippen LogP contribution < -0.4 is 15.6 Å². The Hall–Kier alpha value is -3.50. The Morgan fingerprint density at radius 3 is 2.65 bits per heavy atom. The Kier molecular flexibility index (Phi) is 12.3. The number of nitrogens with zero attached hydrogens (tertiary/aromatic N) is 3. The lowest BCUT2D eigenvalue weighted by Gasteiger charge is -2.20. The summed E-state index contributed by atoms with van der Waals surface area (Å²) in [5.74, 6) is 1.47. The molecule has 1 aromatic carbocycles. The molecule has 2 N–H and O–H groups in total. The van der Waals surface area contributed by atoms with Crippen molar-refractivity contribution in [3.8, 4) is 17.0 Å². The van der Waals surface area contributed by atoms with Gasteiger partial charge in [-0.1, -0.05) is 19.8 Å². The maximum atomic E-state index is 13.3. The number of rotatable bonds is 8. The third-order valence-corrected chi connectivity index (χ3v) is 8.12. The van der Waals surface area contributed by atoms with Crippen molar-refractivity contribution in [2.75, 3.05) is 40.5 Å². The van der Waals surface area contributed by atoms with Gasteiger partial charge in [-0.3, -0.25) is 19.3 Å². The molecule has 0 fully saturated rings. The summed E-state index contributed by atoms with van der Waals surface area (Å²) in [5, 5.41) is 4.62. The summed E-state index contributed by atoms with van der Waals surface area (Å²) in [4.78, 5) is 48.3. The zero-order valence-electron chi connectivity index (χ0n) is 26.0. The van der Waals surface area contributed by atoms with Crippen LogP contribution >= 0.6 is 0 Å². The molecule has 1 atom stereocenters. The fourth-order valence-electron chi connectivity index (χ4n) is 5.56. The number of unbranched alkanes of at least 4 members (excludes halogenated alkanes) is 2. The maximum Gasteiger partial charge on any atom is 0.258 e. The third kappa shape index (κ3) is 9.24. The number of amides is 1. The molecule has 0 aliphatic carbocycles. The van der Waals surface area contributed by atoms with Crippen molar-refractivity contribution in [2.24, 2.45) is 0 Å². The molecule has 0 unspecified atom stereocenters. The summed E-state index contributed by atoms with van der Waals surface area (Å²) in [7, 11) is 3.56. The largest absolute Gasteiger partial charge is 0.496 e. The molecule has 2 aliphatic rings. The van der Waals surface area contributed by atoms with Gasteiger partial charge in [-0.25, -0.2) is 4.98 Å². The summed E-state index contributed by atoms with van der Waals surface area (Å²) in [6.45, 7) is 4.98. The molecule has 3 aromatic rings. The number of carbonyl (C=O) groups is 2. The van der Waals surface area contributed by atoms with Crippen LogP contribution in [0.25, 0.3) is 22.0 Å². The molecular weight excluding hydrogens is 546 g/mol. The Bertz CT molecular complexity index is 1410. The normalized spacial score (nSPS) is 17.8. The molecule has 0 saturated carbocycles. The van der Waals surface area contributed by atoms with Crippen LogP contribution in [0.15, 0.2) is 35.4 Å². The molecule has 4 heterocycles. The van der Waals surface area contributed by atoms with Gasteiger partial charge in [0.15, 0.2) is 0 Å². The van der Waals surface area contributed by atoms with Crippen LogP contribution in [0.5, 0.6) is 5.75 Å². The summed E-state index contributed by atoms with van der Waals surface area (Å²) in [6, 6.07) is 5.42. The van der Waals surface area contributed by atoms with Crippen molar-refractivity contribution in [1.29, 1.82) is 0 Å². The highest BCUT2D eigenvalue weighted by atomic mass is 16.5. The van der Waals surface area contributed by atoms with E-state index in [1.807, 2.05) is 37.2 Å². The number of benzene rings is 1. The molecule has 43 heavy (non-hydrogen) atoms. The molecule has 2 aromatic heterocycles. The van der Waals surface area contributed by atoms with E-state index < -0.39 is 0 Å². The second-order valence-electron chi connectivity index (χ2n) is 11.5. The maximum absolute atomic E-state index is 13.3. The van der Waals surface area contributed by atoms with Crippen molar-refractivity contribution in [1.82, 2.24) is 24.8 Å². The van der Waals surface area contributed by atoms with Gasteiger partial charge < -0.3 is 24.3 Å². The van der Waals surface area contributed by atoms with Crippen LogP contribution in [0.2, 0.25) is 0 Å². The Morgan fingerprint density at radius 1 is 1.09 bits per heavy atom. The van der Waals surface area contributed by atoms with E-state index in [-0.39, 0.29) is 23.3 Å². The fourth-order valence-corrected chi connectivity index (χ4v) is 5.56. The topological polar surface area (TPSA) is 119 Å². The lowest BCUT2D eigenvalue weighted by Crippen LogP contribution is -2.38. The van der Waals surface area contributed by atoms with Crippen molar-refractivity contribution in [2.45, 2.75) is 83.7 Å². The van der Waals surface area contributed by atoms with Crippen LogP contribution in [0.3, 0.4) is 0 Å². The number of likely N-dealkylation sites (N-methyl/N-ethyl adjacent to an activating group) is 1. The average Bonchev–Trinajstić information content (AvgIpc) is 3.49. The van der Waals surface area contributed by atoms with E-state index in [0.29, 0.717) is 62.5 Å². The van der Waals surface area contributed by atoms with E-state index in [1.165, 1.54) is 0 Å². The van der Waals surface area contributed by atoms with E-state index in [0.717, 1.165) is 68.1 Å². The van der Waals surface area contributed by atoms with Gasteiger partial charge >= 0.3 is 0 Å². The quantitative estimate of drug-likeness (QED) is 0.353. The van der Waals surface area contributed by atoms with E-state index in [1.54, 1.807) is 23.9 Å². The standard InChI is InChI=1S/C33H47N5O5/c1-4-25(39)12-6-5-7-13-28-32-34-22-29(36-32)27-20-24-14-17-38(33(41)26(24)21-30(27)42-3)16-9-11-19-43-18-10-8-15-37(2)23-31(40)35-28/h14,17,20-22,28H,4-13,15-16,18-19,23H2,1-3H3,(H,34,36)(H,35,40)/t28-/m0/s1. The first-order valence-electron chi connectivity index (χ1n) is 15.7. The number of imidazole rings is 1. The second kappa shape index (κ2) is 16.4. The van der Waals surface area contributed by atoms with Crippen LogP contribution in [0.4, 0.5) is 0 Å². The Morgan fingerprint density at radius 2 is 1.88 bits per heavy atom. The lowest BCUT2D eigenvalue weighted by atomic mass is 10.0. The van der Waals surface area contributed by atoms with E-state index >= 15 is 0 Å². The van der Waals surface area contributed by atoms with Crippen molar-refractivity contribution < 1.29 is 19.1 Å².